The van der Waals surface area contributed by atoms with Crippen molar-refractivity contribution < 1.29 is 14.0 Å². The van der Waals surface area contributed by atoms with E-state index in [9.17, 15) is 14.0 Å². The molecule has 1 N–H and O–H groups in total. The Hall–Kier alpha value is -2.24. The number of amides is 1. The molecule has 0 radical (unpaired) electrons. The first-order valence-corrected chi connectivity index (χ1v) is 12.4. The van der Waals surface area contributed by atoms with Crippen molar-refractivity contribution in [3.8, 4) is 0 Å². The molecule has 33 heavy (non-hydrogen) atoms. The van der Waals surface area contributed by atoms with Crippen molar-refractivity contribution in [1.82, 2.24) is 10.2 Å². The smallest absolute Gasteiger partial charge is 0.251 e. The minimum Gasteiger partial charge on any atom is -0.349 e. The van der Waals surface area contributed by atoms with Crippen LogP contribution in [0.1, 0.15) is 65.7 Å². The Labute approximate surface area is 200 Å². The molecule has 2 aliphatic rings. The van der Waals surface area contributed by atoms with E-state index in [1.54, 1.807) is 0 Å². The molecular formula is C27H32ClFN2O2. The summed E-state index contributed by atoms with van der Waals surface area (Å²) in [5.74, 6) is 0.313. The highest BCUT2D eigenvalue weighted by Crippen LogP contribution is 2.29. The van der Waals surface area contributed by atoms with E-state index in [1.165, 1.54) is 24.6 Å². The molecule has 1 heterocycles. The monoisotopic (exact) mass is 470 g/mol. The lowest BCUT2D eigenvalue weighted by molar-refractivity contribution is 0.0832. The minimum atomic E-state index is -0.418. The fraction of sp³-hybridized carbons (Fsp3) is 0.481. The quantitative estimate of drug-likeness (QED) is 0.524. The molecule has 1 aliphatic carbocycles. The van der Waals surface area contributed by atoms with Crippen LogP contribution in [0.2, 0.25) is 5.02 Å². The van der Waals surface area contributed by atoms with Crippen molar-refractivity contribution in [2.45, 2.75) is 51.0 Å². The molecular weight excluding hydrogens is 439 g/mol. The van der Waals surface area contributed by atoms with Crippen molar-refractivity contribution in [3.63, 3.8) is 0 Å². The highest BCUT2D eigenvalue weighted by molar-refractivity contribution is 6.34. The van der Waals surface area contributed by atoms with Crippen LogP contribution in [0.3, 0.4) is 0 Å². The maximum absolute atomic E-state index is 13.3. The number of benzene rings is 2. The Morgan fingerprint density at radius 1 is 0.970 bits per heavy atom. The van der Waals surface area contributed by atoms with Crippen LogP contribution < -0.4 is 5.32 Å². The number of carbonyl (C=O) groups is 2. The van der Waals surface area contributed by atoms with Gasteiger partial charge in [-0.1, -0.05) is 29.8 Å². The largest absolute Gasteiger partial charge is 0.349 e. The van der Waals surface area contributed by atoms with E-state index >= 15 is 0 Å². The summed E-state index contributed by atoms with van der Waals surface area (Å²) in [6, 6.07) is 13.7. The summed E-state index contributed by atoms with van der Waals surface area (Å²) in [4.78, 5) is 27.6. The van der Waals surface area contributed by atoms with Gasteiger partial charge in [0.2, 0.25) is 0 Å². The van der Waals surface area contributed by atoms with Gasteiger partial charge in [-0.25, -0.2) is 4.39 Å². The Kier molecular flexibility index (Phi) is 8.15. The first-order chi connectivity index (χ1) is 16.0. The van der Waals surface area contributed by atoms with Gasteiger partial charge in [0.05, 0.1) is 5.02 Å². The number of hydrogen-bond acceptors (Lipinski definition) is 3. The lowest BCUT2D eigenvalue weighted by Crippen LogP contribution is -2.39. The molecule has 0 aromatic heterocycles. The molecule has 0 bridgehead atoms. The summed E-state index contributed by atoms with van der Waals surface area (Å²) in [6.07, 6.45) is 7.20. The van der Waals surface area contributed by atoms with Gasteiger partial charge in [0.15, 0.2) is 5.78 Å². The standard InChI is InChI=1S/C27H32ClFN2O2/c28-25-18-22(29)8-11-24(25)26(32)20-13-16-31(17-14-20)15-12-19-6-9-23(10-7-19)30-27(33)21-4-2-1-3-5-21/h1-5,8,11,18-20,23H,6-7,9-10,12-17H2,(H,30,33). The predicted octanol–water partition coefficient (Wildman–Crippen LogP) is 5.75. The van der Waals surface area contributed by atoms with E-state index in [0.717, 1.165) is 63.7 Å². The second-order valence-electron chi connectivity index (χ2n) is 9.45. The van der Waals surface area contributed by atoms with Crippen LogP contribution >= 0.6 is 11.6 Å². The van der Waals surface area contributed by atoms with Gasteiger partial charge in [-0.05, 0) is 101 Å². The number of piperidine rings is 1. The van der Waals surface area contributed by atoms with Gasteiger partial charge in [-0.3, -0.25) is 9.59 Å². The molecule has 4 nitrogen and oxygen atoms in total. The zero-order valence-corrected chi connectivity index (χ0v) is 19.7. The maximum Gasteiger partial charge on any atom is 0.251 e. The highest BCUT2D eigenvalue weighted by atomic mass is 35.5. The molecule has 2 aromatic rings. The van der Waals surface area contributed by atoms with E-state index in [1.807, 2.05) is 30.3 Å². The molecule has 0 unspecified atom stereocenters. The van der Waals surface area contributed by atoms with Gasteiger partial charge in [0, 0.05) is 23.1 Å². The maximum atomic E-state index is 13.3. The van der Waals surface area contributed by atoms with Crippen molar-refractivity contribution in [1.29, 1.82) is 0 Å². The highest BCUT2D eigenvalue weighted by Gasteiger charge is 2.28. The fourth-order valence-electron chi connectivity index (χ4n) is 5.15. The molecule has 1 aliphatic heterocycles. The molecule has 0 spiro atoms. The summed E-state index contributed by atoms with van der Waals surface area (Å²) in [6.45, 7) is 2.89. The summed E-state index contributed by atoms with van der Waals surface area (Å²) in [5, 5.41) is 3.39. The van der Waals surface area contributed by atoms with Gasteiger partial charge >= 0.3 is 0 Å². The second kappa shape index (κ2) is 11.3. The minimum absolute atomic E-state index is 0.0263. The third-order valence-corrected chi connectivity index (χ3v) is 7.54. The molecule has 4 rings (SSSR count). The number of rotatable bonds is 7. The number of halogens is 2. The molecule has 2 fully saturated rings. The number of likely N-dealkylation sites (tertiary alicyclic amines) is 1. The zero-order chi connectivity index (χ0) is 23.2. The van der Waals surface area contributed by atoms with Gasteiger partial charge < -0.3 is 10.2 Å². The van der Waals surface area contributed by atoms with Crippen LogP contribution in [0.5, 0.6) is 0 Å². The van der Waals surface area contributed by atoms with Gasteiger partial charge in [-0.2, -0.15) is 0 Å². The van der Waals surface area contributed by atoms with Gasteiger partial charge in [-0.15, -0.1) is 0 Å². The molecule has 6 heteroatoms. The van der Waals surface area contributed by atoms with Crippen molar-refractivity contribution >= 4 is 23.3 Å². The average molecular weight is 471 g/mol. The van der Waals surface area contributed by atoms with Crippen molar-refractivity contribution in [2.75, 3.05) is 19.6 Å². The van der Waals surface area contributed by atoms with E-state index < -0.39 is 5.82 Å². The first-order valence-electron chi connectivity index (χ1n) is 12.1. The summed E-state index contributed by atoms with van der Waals surface area (Å²) in [5.41, 5.74) is 1.16. The topological polar surface area (TPSA) is 49.4 Å². The number of hydrogen-bond donors (Lipinski definition) is 1. The number of carbonyl (C=O) groups excluding carboxylic acids is 2. The summed E-state index contributed by atoms with van der Waals surface area (Å²) < 4.78 is 13.3. The normalized spacial score (nSPS) is 22.1. The molecule has 1 amide bonds. The van der Waals surface area contributed by atoms with E-state index in [4.69, 9.17) is 11.6 Å². The second-order valence-corrected chi connectivity index (χ2v) is 9.86. The third kappa shape index (κ3) is 6.42. The van der Waals surface area contributed by atoms with Crippen molar-refractivity contribution in [2.24, 2.45) is 11.8 Å². The van der Waals surface area contributed by atoms with E-state index in [-0.39, 0.29) is 28.7 Å². The number of nitrogens with zero attached hydrogens (tertiary/aromatic N) is 1. The fourth-order valence-corrected chi connectivity index (χ4v) is 5.41. The molecule has 1 saturated carbocycles. The molecule has 1 saturated heterocycles. The van der Waals surface area contributed by atoms with E-state index in [2.05, 4.69) is 10.2 Å². The van der Waals surface area contributed by atoms with Gasteiger partial charge in [0.25, 0.3) is 5.91 Å². The van der Waals surface area contributed by atoms with Crippen LogP contribution in [0.25, 0.3) is 0 Å². The number of nitrogens with one attached hydrogen (secondary N) is 1. The molecule has 0 atom stereocenters. The Bertz CT molecular complexity index is 952. The number of Topliss-reactive ketones (excluding diaryl/α,β-unsaturated/α-hetero) is 1. The van der Waals surface area contributed by atoms with Crippen LogP contribution in [-0.4, -0.2) is 42.3 Å². The average Bonchev–Trinajstić information content (AvgIpc) is 2.84. The van der Waals surface area contributed by atoms with Crippen LogP contribution in [-0.2, 0) is 0 Å². The summed E-state index contributed by atoms with van der Waals surface area (Å²) >= 11 is 6.08. The van der Waals surface area contributed by atoms with Crippen molar-refractivity contribution in [3.05, 3.63) is 70.5 Å². The van der Waals surface area contributed by atoms with E-state index in [0.29, 0.717) is 11.5 Å². The van der Waals surface area contributed by atoms with Crippen LogP contribution in [0.4, 0.5) is 4.39 Å². The molecule has 2 aromatic carbocycles. The molecule has 176 valence electrons. The first kappa shape index (κ1) is 23.9. The van der Waals surface area contributed by atoms with Gasteiger partial charge in [0.1, 0.15) is 5.82 Å². The van der Waals surface area contributed by atoms with Crippen LogP contribution in [0.15, 0.2) is 48.5 Å². The zero-order valence-electron chi connectivity index (χ0n) is 18.9. The van der Waals surface area contributed by atoms with Crippen LogP contribution in [0, 0.1) is 17.7 Å². The number of ketones is 1. The third-order valence-electron chi connectivity index (χ3n) is 7.23. The SMILES string of the molecule is O=C(NC1CCC(CCN2CCC(C(=O)c3ccc(F)cc3Cl)CC2)CC1)c1ccccc1. The lowest BCUT2D eigenvalue weighted by atomic mass is 9.83. The summed E-state index contributed by atoms with van der Waals surface area (Å²) in [7, 11) is 0. The Balaban J connectivity index is 1.15. The Morgan fingerprint density at radius 3 is 2.33 bits per heavy atom. The lowest BCUT2D eigenvalue weighted by Gasteiger charge is -2.34. The predicted molar refractivity (Wildman–Crippen MR) is 129 cm³/mol. The Morgan fingerprint density at radius 2 is 1.67 bits per heavy atom.